The largest absolute Gasteiger partial charge is 0.444 e. The van der Waals surface area contributed by atoms with Crippen molar-refractivity contribution in [2.45, 2.75) is 52.0 Å². The van der Waals surface area contributed by atoms with Gasteiger partial charge in [-0.2, -0.15) is 0 Å². The molecule has 0 radical (unpaired) electrons. The molecular weight excluding hydrogens is 208 g/mol. The average molecular weight is 230 g/mol. The zero-order valence-electron chi connectivity index (χ0n) is 10.7. The van der Waals surface area contributed by atoms with Crippen molar-refractivity contribution < 1.29 is 14.3 Å². The Morgan fingerprint density at radius 1 is 1.56 bits per heavy atom. The predicted octanol–water partition coefficient (Wildman–Crippen LogP) is 1.32. The van der Waals surface area contributed by atoms with E-state index in [1.807, 2.05) is 34.6 Å². The minimum atomic E-state index is -0.646. The number of hydrogen-bond donors (Lipinski definition) is 1. The molecule has 1 heterocycles. The Hall–Kier alpha value is -0.810. The Balaban J connectivity index is 2.79. The Labute approximate surface area is 96.9 Å². The third-order valence-electron chi connectivity index (χ3n) is 2.44. The van der Waals surface area contributed by atoms with E-state index >= 15 is 0 Å². The second kappa shape index (κ2) is 4.22. The molecule has 0 unspecified atom stereocenters. The molecule has 1 amide bonds. The fraction of sp³-hybridized carbons (Fsp3) is 0.909. The van der Waals surface area contributed by atoms with Crippen molar-refractivity contribution in [2.75, 3.05) is 13.2 Å². The minimum absolute atomic E-state index is 0.107. The van der Waals surface area contributed by atoms with E-state index in [9.17, 15) is 4.79 Å². The number of rotatable bonds is 1. The number of nitrogens with zero attached hydrogens (tertiary/aromatic N) is 1. The molecule has 5 heteroatoms. The molecule has 1 aliphatic rings. The summed E-state index contributed by atoms with van der Waals surface area (Å²) in [5.41, 5.74) is 4.47. The molecule has 1 fully saturated rings. The minimum Gasteiger partial charge on any atom is -0.444 e. The van der Waals surface area contributed by atoms with Crippen molar-refractivity contribution >= 4 is 6.09 Å². The molecule has 0 aliphatic carbocycles. The number of carbonyl (C=O) groups is 1. The van der Waals surface area contributed by atoms with Crippen molar-refractivity contribution in [3.63, 3.8) is 0 Å². The number of amides is 1. The highest BCUT2D eigenvalue weighted by Crippen LogP contribution is 2.28. The molecule has 0 bridgehead atoms. The fourth-order valence-corrected chi connectivity index (χ4v) is 1.74. The summed E-state index contributed by atoms with van der Waals surface area (Å²) in [5.74, 6) is 0. The van der Waals surface area contributed by atoms with E-state index in [1.165, 1.54) is 0 Å². The monoisotopic (exact) mass is 230 g/mol. The molecule has 0 saturated carbocycles. The standard InChI is InChI=1S/C11H22N2O3/c1-10(2,3)16-9(14)13-8(6-12)7-15-11(13,4)5/h8H,6-7,12H2,1-5H3/t8-/m0/s1. The van der Waals surface area contributed by atoms with Gasteiger partial charge in [-0.3, -0.25) is 4.90 Å². The lowest BCUT2D eigenvalue weighted by Crippen LogP contribution is -2.51. The van der Waals surface area contributed by atoms with Crippen LogP contribution in [0.5, 0.6) is 0 Å². The summed E-state index contributed by atoms with van der Waals surface area (Å²) in [6, 6.07) is -0.107. The number of nitrogens with two attached hydrogens (primary N) is 1. The molecule has 1 rings (SSSR count). The van der Waals surface area contributed by atoms with Crippen LogP contribution in [0.1, 0.15) is 34.6 Å². The van der Waals surface area contributed by atoms with Gasteiger partial charge in [0.15, 0.2) is 0 Å². The summed E-state index contributed by atoms with van der Waals surface area (Å²) in [5, 5.41) is 0. The van der Waals surface area contributed by atoms with E-state index in [4.69, 9.17) is 15.2 Å². The van der Waals surface area contributed by atoms with Crippen LogP contribution in [-0.4, -0.2) is 41.5 Å². The number of hydrogen-bond acceptors (Lipinski definition) is 4. The van der Waals surface area contributed by atoms with Gasteiger partial charge in [-0.05, 0) is 34.6 Å². The summed E-state index contributed by atoms with van der Waals surface area (Å²) in [6.45, 7) is 10.0. The first-order valence-corrected chi connectivity index (χ1v) is 5.54. The Morgan fingerprint density at radius 2 is 2.12 bits per heavy atom. The highest BCUT2D eigenvalue weighted by atomic mass is 16.6. The molecule has 1 atom stereocenters. The maximum Gasteiger partial charge on any atom is 0.412 e. The van der Waals surface area contributed by atoms with Crippen molar-refractivity contribution in [1.29, 1.82) is 0 Å². The summed E-state index contributed by atoms with van der Waals surface area (Å²) in [6.07, 6.45) is -0.370. The topological polar surface area (TPSA) is 64.8 Å². The SMILES string of the molecule is CC(C)(C)OC(=O)N1[C@@H](CN)COC1(C)C. The summed E-state index contributed by atoms with van der Waals surface area (Å²) in [4.78, 5) is 13.6. The quantitative estimate of drug-likeness (QED) is 0.737. The molecular formula is C11H22N2O3. The fourth-order valence-electron chi connectivity index (χ4n) is 1.74. The lowest BCUT2D eigenvalue weighted by atomic mass is 10.2. The lowest BCUT2D eigenvalue weighted by Gasteiger charge is -2.34. The van der Waals surface area contributed by atoms with Crippen molar-refractivity contribution in [3.8, 4) is 0 Å². The third kappa shape index (κ3) is 2.86. The zero-order chi connectivity index (χ0) is 12.6. The Bertz CT molecular complexity index is 271. The van der Waals surface area contributed by atoms with Gasteiger partial charge >= 0.3 is 6.09 Å². The van der Waals surface area contributed by atoms with Crippen LogP contribution in [0.2, 0.25) is 0 Å². The van der Waals surface area contributed by atoms with Crippen LogP contribution in [-0.2, 0) is 9.47 Å². The van der Waals surface area contributed by atoms with Gasteiger partial charge in [0.25, 0.3) is 0 Å². The molecule has 0 aromatic rings. The van der Waals surface area contributed by atoms with E-state index in [0.717, 1.165) is 0 Å². The first-order valence-electron chi connectivity index (χ1n) is 5.54. The summed E-state index contributed by atoms with van der Waals surface area (Å²) in [7, 11) is 0. The maximum atomic E-state index is 12.0. The van der Waals surface area contributed by atoms with Crippen LogP contribution in [0.15, 0.2) is 0 Å². The molecule has 1 saturated heterocycles. The summed E-state index contributed by atoms with van der Waals surface area (Å²) >= 11 is 0. The highest BCUT2D eigenvalue weighted by Gasteiger charge is 2.44. The van der Waals surface area contributed by atoms with Gasteiger partial charge in [0.1, 0.15) is 11.3 Å². The van der Waals surface area contributed by atoms with E-state index in [1.54, 1.807) is 4.90 Å². The molecule has 0 aromatic heterocycles. The van der Waals surface area contributed by atoms with Gasteiger partial charge in [0, 0.05) is 6.54 Å². The molecule has 16 heavy (non-hydrogen) atoms. The molecule has 2 N–H and O–H groups in total. The van der Waals surface area contributed by atoms with Crippen LogP contribution in [0.3, 0.4) is 0 Å². The van der Waals surface area contributed by atoms with Crippen LogP contribution >= 0.6 is 0 Å². The lowest BCUT2D eigenvalue weighted by molar-refractivity contribution is -0.0621. The highest BCUT2D eigenvalue weighted by molar-refractivity contribution is 5.69. The predicted molar refractivity (Wildman–Crippen MR) is 60.9 cm³/mol. The van der Waals surface area contributed by atoms with Crippen LogP contribution < -0.4 is 5.73 Å². The summed E-state index contributed by atoms with van der Waals surface area (Å²) < 4.78 is 10.9. The number of carbonyl (C=O) groups excluding carboxylic acids is 1. The van der Waals surface area contributed by atoms with Gasteiger partial charge in [-0.1, -0.05) is 0 Å². The third-order valence-corrected chi connectivity index (χ3v) is 2.44. The molecule has 5 nitrogen and oxygen atoms in total. The van der Waals surface area contributed by atoms with Crippen molar-refractivity contribution in [3.05, 3.63) is 0 Å². The Morgan fingerprint density at radius 3 is 2.56 bits per heavy atom. The smallest absolute Gasteiger partial charge is 0.412 e. The van der Waals surface area contributed by atoms with Gasteiger partial charge in [0.2, 0.25) is 0 Å². The van der Waals surface area contributed by atoms with E-state index in [0.29, 0.717) is 13.2 Å². The van der Waals surface area contributed by atoms with E-state index in [-0.39, 0.29) is 12.1 Å². The molecule has 0 spiro atoms. The van der Waals surface area contributed by atoms with Gasteiger partial charge < -0.3 is 15.2 Å². The van der Waals surface area contributed by atoms with Gasteiger partial charge in [0.05, 0.1) is 12.6 Å². The Kier molecular flexibility index (Phi) is 3.50. The zero-order valence-corrected chi connectivity index (χ0v) is 10.7. The normalized spacial score (nSPS) is 24.6. The van der Waals surface area contributed by atoms with Gasteiger partial charge in [-0.15, -0.1) is 0 Å². The maximum absolute atomic E-state index is 12.0. The first kappa shape index (κ1) is 13.3. The van der Waals surface area contributed by atoms with Crippen molar-refractivity contribution in [2.24, 2.45) is 5.73 Å². The van der Waals surface area contributed by atoms with Crippen molar-refractivity contribution in [1.82, 2.24) is 4.90 Å². The number of ether oxygens (including phenoxy) is 2. The first-order chi connectivity index (χ1) is 7.17. The van der Waals surface area contributed by atoms with Crippen LogP contribution in [0.25, 0.3) is 0 Å². The van der Waals surface area contributed by atoms with E-state index < -0.39 is 11.3 Å². The molecule has 0 aromatic carbocycles. The van der Waals surface area contributed by atoms with Crippen LogP contribution in [0.4, 0.5) is 4.79 Å². The second-order valence-corrected chi connectivity index (χ2v) is 5.50. The van der Waals surface area contributed by atoms with E-state index in [2.05, 4.69) is 0 Å². The molecule has 1 aliphatic heterocycles. The average Bonchev–Trinajstić information content (AvgIpc) is 2.37. The van der Waals surface area contributed by atoms with Crippen LogP contribution in [0, 0.1) is 0 Å². The second-order valence-electron chi connectivity index (χ2n) is 5.50. The van der Waals surface area contributed by atoms with Gasteiger partial charge in [-0.25, -0.2) is 4.79 Å². The molecule has 94 valence electrons.